The Bertz CT molecular complexity index is 501. The first-order valence-corrected chi connectivity index (χ1v) is 5.72. The number of benzene rings is 1. The first kappa shape index (κ1) is 15.8. The van der Waals surface area contributed by atoms with E-state index in [1.165, 1.54) is 0 Å². The van der Waals surface area contributed by atoms with Gasteiger partial charge < -0.3 is 16.3 Å². The average molecular weight is 289 g/mol. The van der Waals surface area contributed by atoms with Crippen LogP contribution in [0.5, 0.6) is 0 Å². The monoisotopic (exact) mass is 289 g/mol. The van der Waals surface area contributed by atoms with E-state index >= 15 is 0 Å². The van der Waals surface area contributed by atoms with Crippen LogP contribution in [-0.2, 0) is 11.3 Å². The number of nitrogens with zero attached hydrogens (tertiary/aromatic N) is 1. The Morgan fingerprint density at radius 1 is 1.40 bits per heavy atom. The Morgan fingerprint density at radius 2 is 2.10 bits per heavy atom. The number of rotatable bonds is 5. The fourth-order valence-corrected chi connectivity index (χ4v) is 1.44. The average Bonchev–Trinajstić information content (AvgIpc) is 2.41. The lowest BCUT2D eigenvalue weighted by Crippen LogP contribution is -2.24. The zero-order valence-electron chi connectivity index (χ0n) is 10.4. The number of oxime groups is 1. The Kier molecular flexibility index (Phi) is 5.36. The molecule has 0 saturated carbocycles. The highest BCUT2D eigenvalue weighted by molar-refractivity contribution is 5.97. The van der Waals surface area contributed by atoms with E-state index in [1.54, 1.807) is 24.3 Å². The van der Waals surface area contributed by atoms with Gasteiger partial charge in [-0.2, -0.15) is 13.2 Å². The van der Waals surface area contributed by atoms with Crippen LogP contribution in [-0.4, -0.2) is 23.1 Å². The number of hydrogen-bond acceptors (Lipinski definition) is 3. The van der Waals surface area contributed by atoms with Crippen molar-refractivity contribution in [3.8, 4) is 0 Å². The molecule has 0 aliphatic rings. The highest BCUT2D eigenvalue weighted by atomic mass is 19.4. The van der Waals surface area contributed by atoms with Gasteiger partial charge in [-0.15, -0.1) is 0 Å². The smallest absolute Gasteiger partial charge is 0.389 e. The zero-order valence-corrected chi connectivity index (χ0v) is 10.4. The number of nitrogens with two attached hydrogens (primary N) is 1. The van der Waals surface area contributed by atoms with Gasteiger partial charge in [0.1, 0.15) is 0 Å². The number of amides is 1. The third-order valence-corrected chi connectivity index (χ3v) is 2.46. The fraction of sp³-hybridized carbons (Fsp3) is 0.333. The molecule has 0 atom stereocenters. The van der Waals surface area contributed by atoms with E-state index in [2.05, 4.69) is 10.5 Å². The van der Waals surface area contributed by atoms with Gasteiger partial charge in [-0.1, -0.05) is 23.4 Å². The molecule has 0 spiro atoms. The zero-order chi connectivity index (χ0) is 15.2. The Hall–Kier alpha value is -2.25. The molecule has 0 fully saturated rings. The molecule has 1 amide bonds. The van der Waals surface area contributed by atoms with Crippen LogP contribution in [0.4, 0.5) is 13.2 Å². The molecule has 0 radical (unpaired) electrons. The van der Waals surface area contributed by atoms with E-state index in [4.69, 9.17) is 10.9 Å². The molecule has 4 N–H and O–H groups in total. The number of halogens is 3. The second-order valence-corrected chi connectivity index (χ2v) is 4.08. The molecule has 0 aromatic heterocycles. The number of carbonyl (C=O) groups excluding carboxylic acids is 1. The topological polar surface area (TPSA) is 87.7 Å². The summed E-state index contributed by atoms with van der Waals surface area (Å²) >= 11 is 0. The molecule has 0 heterocycles. The number of amidine groups is 1. The second kappa shape index (κ2) is 6.78. The quantitative estimate of drug-likeness (QED) is 0.334. The molecule has 20 heavy (non-hydrogen) atoms. The van der Waals surface area contributed by atoms with Crippen LogP contribution < -0.4 is 11.1 Å². The van der Waals surface area contributed by atoms with Crippen molar-refractivity contribution in [3.63, 3.8) is 0 Å². The van der Waals surface area contributed by atoms with Crippen LogP contribution in [0.3, 0.4) is 0 Å². The molecule has 1 rings (SSSR count). The molecule has 0 unspecified atom stereocenters. The molecular weight excluding hydrogens is 275 g/mol. The van der Waals surface area contributed by atoms with Crippen LogP contribution in [0.1, 0.15) is 24.0 Å². The predicted molar refractivity (Wildman–Crippen MR) is 66.1 cm³/mol. The lowest BCUT2D eigenvalue weighted by Gasteiger charge is -2.08. The minimum Gasteiger partial charge on any atom is -0.409 e. The summed E-state index contributed by atoms with van der Waals surface area (Å²) in [7, 11) is 0. The van der Waals surface area contributed by atoms with Crippen LogP contribution in [0.15, 0.2) is 29.4 Å². The Labute approximate surface area is 113 Å². The van der Waals surface area contributed by atoms with Gasteiger partial charge in [0.15, 0.2) is 5.84 Å². The van der Waals surface area contributed by atoms with E-state index in [0.717, 1.165) is 0 Å². The molecule has 0 saturated heterocycles. The Balaban J connectivity index is 2.52. The maximum Gasteiger partial charge on any atom is 0.389 e. The standard InChI is InChI=1S/C12H14F3N3O2/c13-12(14,15)5-4-10(19)17-7-8-2-1-3-9(6-8)11(16)18-20/h1-3,6,20H,4-5,7H2,(H2,16,18)(H,17,19). The normalized spacial score (nSPS) is 12.2. The molecule has 0 aliphatic carbocycles. The van der Waals surface area contributed by atoms with E-state index in [1.807, 2.05) is 0 Å². The third kappa shape index (κ3) is 5.59. The van der Waals surface area contributed by atoms with Crippen molar-refractivity contribution in [2.75, 3.05) is 0 Å². The number of alkyl halides is 3. The summed E-state index contributed by atoms with van der Waals surface area (Å²) in [5, 5.41) is 13.7. The third-order valence-electron chi connectivity index (χ3n) is 2.46. The highest BCUT2D eigenvalue weighted by Gasteiger charge is 2.27. The summed E-state index contributed by atoms with van der Waals surface area (Å²) in [5.41, 5.74) is 6.49. The van der Waals surface area contributed by atoms with Crippen molar-refractivity contribution in [1.82, 2.24) is 5.32 Å². The van der Waals surface area contributed by atoms with Gasteiger partial charge in [0.2, 0.25) is 5.91 Å². The van der Waals surface area contributed by atoms with Gasteiger partial charge in [0, 0.05) is 18.5 Å². The fourth-order valence-electron chi connectivity index (χ4n) is 1.44. The van der Waals surface area contributed by atoms with Gasteiger partial charge in [0.25, 0.3) is 0 Å². The van der Waals surface area contributed by atoms with Gasteiger partial charge in [-0.25, -0.2) is 0 Å². The van der Waals surface area contributed by atoms with Crippen molar-refractivity contribution >= 4 is 11.7 Å². The predicted octanol–water partition coefficient (Wildman–Crippen LogP) is 1.74. The SMILES string of the molecule is NC(=NO)c1cccc(CNC(=O)CCC(F)(F)F)c1. The summed E-state index contributed by atoms with van der Waals surface area (Å²) in [6, 6.07) is 6.46. The minimum atomic E-state index is -4.34. The van der Waals surface area contributed by atoms with Crippen LogP contribution in [0.25, 0.3) is 0 Å². The molecule has 110 valence electrons. The molecule has 1 aromatic rings. The maximum atomic E-state index is 11.9. The lowest BCUT2D eigenvalue weighted by atomic mass is 10.1. The van der Waals surface area contributed by atoms with Gasteiger partial charge in [-0.05, 0) is 11.6 Å². The van der Waals surface area contributed by atoms with Gasteiger partial charge >= 0.3 is 6.18 Å². The summed E-state index contributed by atoms with van der Waals surface area (Å²) in [6.07, 6.45) is -6.10. The molecule has 0 aliphatic heterocycles. The first-order chi connectivity index (χ1) is 9.31. The minimum absolute atomic E-state index is 0.0727. The molecule has 0 bridgehead atoms. The van der Waals surface area contributed by atoms with Crippen molar-refractivity contribution in [2.45, 2.75) is 25.6 Å². The summed E-state index contributed by atoms with van der Waals surface area (Å²) in [4.78, 5) is 11.2. The van der Waals surface area contributed by atoms with Crippen molar-refractivity contribution < 1.29 is 23.2 Å². The van der Waals surface area contributed by atoms with Crippen molar-refractivity contribution in [3.05, 3.63) is 35.4 Å². The summed E-state index contributed by atoms with van der Waals surface area (Å²) in [6.45, 7) is 0.0727. The van der Waals surface area contributed by atoms with E-state index < -0.39 is 24.9 Å². The van der Waals surface area contributed by atoms with Crippen molar-refractivity contribution in [2.24, 2.45) is 10.9 Å². The summed E-state index contributed by atoms with van der Waals surface area (Å²) in [5.74, 6) is -0.772. The van der Waals surface area contributed by atoms with E-state index in [9.17, 15) is 18.0 Å². The van der Waals surface area contributed by atoms with E-state index in [0.29, 0.717) is 11.1 Å². The second-order valence-electron chi connectivity index (χ2n) is 4.08. The van der Waals surface area contributed by atoms with Crippen LogP contribution in [0, 0.1) is 0 Å². The molecular formula is C12H14F3N3O2. The molecule has 5 nitrogen and oxygen atoms in total. The van der Waals surface area contributed by atoms with Crippen molar-refractivity contribution in [1.29, 1.82) is 0 Å². The summed E-state index contributed by atoms with van der Waals surface area (Å²) < 4.78 is 35.8. The lowest BCUT2D eigenvalue weighted by molar-refractivity contribution is -0.144. The number of carbonyl (C=O) groups is 1. The van der Waals surface area contributed by atoms with Crippen LogP contribution >= 0.6 is 0 Å². The number of nitrogens with one attached hydrogen (secondary N) is 1. The van der Waals surface area contributed by atoms with E-state index in [-0.39, 0.29) is 12.4 Å². The number of hydrogen-bond donors (Lipinski definition) is 3. The van der Waals surface area contributed by atoms with Gasteiger partial charge in [-0.3, -0.25) is 4.79 Å². The maximum absolute atomic E-state index is 11.9. The highest BCUT2D eigenvalue weighted by Crippen LogP contribution is 2.21. The molecule has 1 aromatic carbocycles. The molecule has 8 heteroatoms. The van der Waals surface area contributed by atoms with Gasteiger partial charge in [0.05, 0.1) is 6.42 Å². The Morgan fingerprint density at radius 3 is 2.70 bits per heavy atom. The first-order valence-electron chi connectivity index (χ1n) is 5.72. The van der Waals surface area contributed by atoms with Crippen LogP contribution in [0.2, 0.25) is 0 Å². The largest absolute Gasteiger partial charge is 0.409 e.